The lowest BCUT2D eigenvalue weighted by atomic mass is 10.1. The largest absolute Gasteiger partial charge is 0.465 e. The van der Waals surface area contributed by atoms with Crippen LogP contribution in [0.4, 0.5) is 0 Å². The summed E-state index contributed by atoms with van der Waals surface area (Å²) in [5, 5.41) is 0. The van der Waals surface area contributed by atoms with E-state index in [1.807, 2.05) is 37.3 Å². The van der Waals surface area contributed by atoms with Gasteiger partial charge in [0.2, 0.25) is 0 Å². The minimum absolute atomic E-state index is 0.343. The van der Waals surface area contributed by atoms with Crippen molar-refractivity contribution in [2.45, 2.75) is 6.92 Å². The molecule has 0 saturated carbocycles. The second-order valence-electron chi connectivity index (χ2n) is 3.89. The highest BCUT2D eigenvalue weighted by Gasteiger charge is 2.08. The standard InChI is InChI=1S/C15H14O3/c1-11-10-12(15(16)17-2)8-9-14(11)18-13-6-4-3-5-7-13/h3-10H,1-2H3. The fraction of sp³-hybridized carbons (Fsp3) is 0.133. The van der Waals surface area contributed by atoms with Gasteiger partial charge in [-0.3, -0.25) is 0 Å². The maximum absolute atomic E-state index is 11.4. The lowest BCUT2D eigenvalue weighted by molar-refractivity contribution is 0.0600. The Morgan fingerprint density at radius 3 is 2.39 bits per heavy atom. The number of esters is 1. The molecule has 0 amide bonds. The third-order valence-electron chi connectivity index (χ3n) is 2.57. The van der Waals surface area contributed by atoms with Gasteiger partial charge in [0.15, 0.2) is 0 Å². The number of carbonyl (C=O) groups excluding carboxylic acids is 1. The van der Waals surface area contributed by atoms with Gasteiger partial charge in [0.05, 0.1) is 12.7 Å². The van der Waals surface area contributed by atoms with Gasteiger partial charge >= 0.3 is 5.97 Å². The van der Waals surface area contributed by atoms with Gasteiger partial charge in [0.1, 0.15) is 11.5 Å². The molecule has 0 atom stereocenters. The van der Waals surface area contributed by atoms with Crippen LogP contribution in [-0.2, 0) is 4.74 Å². The van der Waals surface area contributed by atoms with Gasteiger partial charge in [0, 0.05) is 0 Å². The molecule has 3 heteroatoms. The minimum Gasteiger partial charge on any atom is -0.465 e. The Morgan fingerprint density at radius 1 is 1.06 bits per heavy atom. The zero-order chi connectivity index (χ0) is 13.0. The second kappa shape index (κ2) is 5.36. The topological polar surface area (TPSA) is 35.5 Å². The number of benzene rings is 2. The Balaban J connectivity index is 2.23. The summed E-state index contributed by atoms with van der Waals surface area (Å²) >= 11 is 0. The number of ether oxygens (including phenoxy) is 2. The van der Waals surface area contributed by atoms with E-state index in [1.165, 1.54) is 7.11 Å². The fourth-order valence-electron chi connectivity index (χ4n) is 1.62. The first-order chi connectivity index (χ1) is 8.70. The van der Waals surface area contributed by atoms with Crippen molar-refractivity contribution >= 4 is 5.97 Å². The molecular formula is C15H14O3. The molecule has 2 aromatic rings. The summed E-state index contributed by atoms with van der Waals surface area (Å²) in [4.78, 5) is 11.4. The molecule has 92 valence electrons. The van der Waals surface area contributed by atoms with E-state index in [0.29, 0.717) is 5.56 Å². The molecule has 0 aliphatic carbocycles. The van der Waals surface area contributed by atoms with E-state index < -0.39 is 0 Å². The van der Waals surface area contributed by atoms with Crippen molar-refractivity contribution in [3.8, 4) is 11.5 Å². The van der Waals surface area contributed by atoms with Crippen molar-refractivity contribution in [2.75, 3.05) is 7.11 Å². The molecule has 3 nitrogen and oxygen atoms in total. The fourth-order valence-corrected chi connectivity index (χ4v) is 1.62. The maximum atomic E-state index is 11.4. The molecule has 0 radical (unpaired) electrons. The molecule has 0 N–H and O–H groups in total. The Bertz CT molecular complexity index is 547. The van der Waals surface area contributed by atoms with E-state index >= 15 is 0 Å². The third-order valence-corrected chi connectivity index (χ3v) is 2.57. The van der Waals surface area contributed by atoms with Crippen LogP contribution in [0, 0.1) is 6.92 Å². The molecule has 0 heterocycles. The van der Waals surface area contributed by atoms with Gasteiger partial charge in [0.25, 0.3) is 0 Å². The Labute approximate surface area is 106 Å². The van der Waals surface area contributed by atoms with E-state index in [0.717, 1.165) is 17.1 Å². The van der Waals surface area contributed by atoms with Crippen molar-refractivity contribution in [1.82, 2.24) is 0 Å². The van der Waals surface area contributed by atoms with E-state index in [9.17, 15) is 4.79 Å². The zero-order valence-corrected chi connectivity index (χ0v) is 10.3. The molecule has 0 spiro atoms. The molecule has 0 aliphatic rings. The monoisotopic (exact) mass is 242 g/mol. The first-order valence-corrected chi connectivity index (χ1v) is 5.62. The van der Waals surface area contributed by atoms with Gasteiger partial charge in [-0.25, -0.2) is 4.79 Å². The van der Waals surface area contributed by atoms with Gasteiger partial charge in [-0.05, 0) is 42.8 Å². The van der Waals surface area contributed by atoms with Crippen molar-refractivity contribution in [3.63, 3.8) is 0 Å². The summed E-state index contributed by atoms with van der Waals surface area (Å²) in [5.74, 6) is 1.16. The number of methoxy groups -OCH3 is 1. The first kappa shape index (κ1) is 12.2. The molecule has 18 heavy (non-hydrogen) atoms. The zero-order valence-electron chi connectivity index (χ0n) is 10.3. The minimum atomic E-state index is -0.343. The molecule has 2 rings (SSSR count). The van der Waals surface area contributed by atoms with E-state index in [-0.39, 0.29) is 5.97 Å². The van der Waals surface area contributed by atoms with Crippen molar-refractivity contribution in [3.05, 3.63) is 59.7 Å². The van der Waals surface area contributed by atoms with Crippen molar-refractivity contribution in [1.29, 1.82) is 0 Å². The van der Waals surface area contributed by atoms with Crippen LogP contribution in [0.1, 0.15) is 15.9 Å². The number of hydrogen-bond acceptors (Lipinski definition) is 3. The van der Waals surface area contributed by atoms with Crippen LogP contribution < -0.4 is 4.74 Å². The van der Waals surface area contributed by atoms with Crippen molar-refractivity contribution < 1.29 is 14.3 Å². The molecule has 0 fully saturated rings. The molecule has 2 aromatic carbocycles. The summed E-state index contributed by atoms with van der Waals surface area (Å²) in [6.07, 6.45) is 0. The maximum Gasteiger partial charge on any atom is 0.337 e. The second-order valence-corrected chi connectivity index (χ2v) is 3.89. The quantitative estimate of drug-likeness (QED) is 0.772. The Kier molecular flexibility index (Phi) is 3.63. The summed E-state index contributed by atoms with van der Waals surface area (Å²) in [5.41, 5.74) is 1.41. The normalized spacial score (nSPS) is 9.89. The molecule has 0 unspecified atom stereocenters. The summed E-state index contributed by atoms with van der Waals surface area (Å²) in [7, 11) is 1.37. The molecular weight excluding hydrogens is 228 g/mol. The highest BCUT2D eigenvalue weighted by Crippen LogP contribution is 2.25. The van der Waals surface area contributed by atoms with Crippen LogP contribution >= 0.6 is 0 Å². The lowest BCUT2D eigenvalue weighted by Gasteiger charge is -2.09. The summed E-state index contributed by atoms with van der Waals surface area (Å²) < 4.78 is 10.4. The number of aryl methyl sites for hydroxylation is 1. The van der Waals surface area contributed by atoms with E-state index in [1.54, 1.807) is 18.2 Å². The number of carbonyl (C=O) groups is 1. The molecule has 0 bridgehead atoms. The molecule has 0 aliphatic heterocycles. The van der Waals surface area contributed by atoms with Gasteiger partial charge < -0.3 is 9.47 Å². The lowest BCUT2D eigenvalue weighted by Crippen LogP contribution is -2.01. The Morgan fingerprint density at radius 2 is 1.78 bits per heavy atom. The predicted molar refractivity (Wildman–Crippen MR) is 69.0 cm³/mol. The van der Waals surface area contributed by atoms with Crippen LogP contribution in [0.3, 0.4) is 0 Å². The van der Waals surface area contributed by atoms with E-state index in [4.69, 9.17) is 4.74 Å². The van der Waals surface area contributed by atoms with Crippen molar-refractivity contribution in [2.24, 2.45) is 0 Å². The molecule has 0 saturated heterocycles. The van der Waals surface area contributed by atoms with Gasteiger partial charge in [-0.1, -0.05) is 18.2 Å². The average Bonchev–Trinajstić information content (AvgIpc) is 2.41. The molecule has 0 aromatic heterocycles. The van der Waals surface area contributed by atoms with Gasteiger partial charge in [-0.2, -0.15) is 0 Å². The van der Waals surface area contributed by atoms with Crippen LogP contribution in [0.2, 0.25) is 0 Å². The third kappa shape index (κ3) is 2.69. The first-order valence-electron chi connectivity index (χ1n) is 5.62. The smallest absolute Gasteiger partial charge is 0.337 e. The van der Waals surface area contributed by atoms with Crippen LogP contribution in [0.15, 0.2) is 48.5 Å². The summed E-state index contributed by atoms with van der Waals surface area (Å²) in [6, 6.07) is 14.7. The van der Waals surface area contributed by atoms with Gasteiger partial charge in [-0.15, -0.1) is 0 Å². The summed E-state index contributed by atoms with van der Waals surface area (Å²) in [6.45, 7) is 1.89. The average molecular weight is 242 g/mol. The SMILES string of the molecule is COC(=O)c1ccc(Oc2ccccc2)c(C)c1. The Hall–Kier alpha value is -2.29. The van der Waals surface area contributed by atoms with E-state index in [2.05, 4.69) is 4.74 Å². The highest BCUT2D eigenvalue weighted by atomic mass is 16.5. The van der Waals surface area contributed by atoms with Crippen LogP contribution in [0.25, 0.3) is 0 Å². The van der Waals surface area contributed by atoms with Crippen LogP contribution in [-0.4, -0.2) is 13.1 Å². The van der Waals surface area contributed by atoms with Crippen LogP contribution in [0.5, 0.6) is 11.5 Å². The predicted octanol–water partition coefficient (Wildman–Crippen LogP) is 3.57. The number of para-hydroxylation sites is 1. The number of hydrogen-bond donors (Lipinski definition) is 0. The number of rotatable bonds is 3. The highest BCUT2D eigenvalue weighted by molar-refractivity contribution is 5.89.